The van der Waals surface area contributed by atoms with E-state index in [2.05, 4.69) is 10.3 Å². The SMILES string of the molecule is CC(=O)NCc1cccc([C@@H]2CCCN2C(=O)c2cccc(C)c2)n1. The fourth-order valence-corrected chi connectivity index (χ4v) is 3.26. The molecule has 0 radical (unpaired) electrons. The van der Waals surface area contributed by atoms with Gasteiger partial charge in [-0.25, -0.2) is 0 Å². The summed E-state index contributed by atoms with van der Waals surface area (Å²) in [6, 6.07) is 13.5. The average Bonchev–Trinajstić information content (AvgIpc) is 3.09. The summed E-state index contributed by atoms with van der Waals surface area (Å²) in [5, 5.41) is 2.76. The van der Waals surface area contributed by atoms with Crippen LogP contribution in [0.2, 0.25) is 0 Å². The molecule has 2 aromatic rings. The number of aryl methyl sites for hydroxylation is 1. The van der Waals surface area contributed by atoms with Gasteiger partial charge in [0.25, 0.3) is 5.91 Å². The molecule has 0 spiro atoms. The van der Waals surface area contributed by atoms with Crippen molar-refractivity contribution < 1.29 is 9.59 Å². The zero-order valence-electron chi connectivity index (χ0n) is 14.7. The predicted octanol–water partition coefficient (Wildman–Crippen LogP) is 3.00. The molecule has 5 heteroatoms. The lowest BCUT2D eigenvalue weighted by Gasteiger charge is -2.25. The molecule has 5 nitrogen and oxygen atoms in total. The second-order valence-electron chi connectivity index (χ2n) is 6.49. The molecule has 1 atom stereocenters. The van der Waals surface area contributed by atoms with Crippen molar-refractivity contribution in [3.05, 3.63) is 65.0 Å². The molecule has 1 saturated heterocycles. The molecule has 1 aromatic heterocycles. The fraction of sp³-hybridized carbons (Fsp3) is 0.350. The Hall–Kier alpha value is -2.69. The third kappa shape index (κ3) is 4.05. The molecule has 0 saturated carbocycles. The first-order valence-corrected chi connectivity index (χ1v) is 8.62. The number of amides is 2. The largest absolute Gasteiger partial charge is 0.351 e. The van der Waals surface area contributed by atoms with Gasteiger partial charge in [0.2, 0.25) is 5.91 Å². The van der Waals surface area contributed by atoms with Crippen molar-refractivity contribution in [2.45, 2.75) is 39.3 Å². The van der Waals surface area contributed by atoms with Gasteiger partial charge in [0.05, 0.1) is 24.0 Å². The van der Waals surface area contributed by atoms with E-state index in [0.29, 0.717) is 6.54 Å². The molecule has 130 valence electrons. The lowest BCUT2D eigenvalue weighted by Crippen LogP contribution is -2.31. The third-order valence-corrected chi connectivity index (χ3v) is 4.47. The minimum atomic E-state index is -0.0793. The summed E-state index contributed by atoms with van der Waals surface area (Å²) in [5.41, 5.74) is 3.50. The number of aromatic nitrogens is 1. The average molecular weight is 337 g/mol. The minimum Gasteiger partial charge on any atom is -0.351 e. The number of nitrogens with one attached hydrogen (secondary N) is 1. The number of rotatable bonds is 4. The highest BCUT2D eigenvalue weighted by molar-refractivity contribution is 5.94. The normalized spacial score (nSPS) is 16.7. The van der Waals surface area contributed by atoms with E-state index in [1.54, 1.807) is 0 Å². The van der Waals surface area contributed by atoms with Crippen molar-refractivity contribution in [1.82, 2.24) is 15.2 Å². The van der Waals surface area contributed by atoms with E-state index in [1.807, 2.05) is 54.3 Å². The lowest BCUT2D eigenvalue weighted by atomic mass is 10.1. The van der Waals surface area contributed by atoms with Crippen LogP contribution in [-0.2, 0) is 11.3 Å². The number of carbonyl (C=O) groups excluding carboxylic acids is 2. The Kier molecular flexibility index (Phi) is 5.12. The molecule has 1 N–H and O–H groups in total. The van der Waals surface area contributed by atoms with Crippen LogP contribution in [0, 0.1) is 6.92 Å². The van der Waals surface area contributed by atoms with Gasteiger partial charge in [-0.05, 0) is 44.0 Å². The standard InChI is InChI=1S/C20H23N3O2/c1-14-6-3-7-16(12-14)20(25)23-11-5-10-19(23)18-9-4-8-17(22-18)13-21-15(2)24/h3-4,6-9,12,19H,5,10-11,13H2,1-2H3,(H,21,24)/t19-/m0/s1. The topological polar surface area (TPSA) is 62.3 Å². The Morgan fingerprint density at radius 1 is 1.24 bits per heavy atom. The fourth-order valence-electron chi connectivity index (χ4n) is 3.26. The maximum Gasteiger partial charge on any atom is 0.254 e. The Bertz CT molecular complexity index is 788. The van der Waals surface area contributed by atoms with Crippen LogP contribution in [0.15, 0.2) is 42.5 Å². The molecule has 1 aliphatic heterocycles. The molecule has 1 fully saturated rings. The van der Waals surface area contributed by atoms with Crippen LogP contribution in [0.25, 0.3) is 0 Å². The van der Waals surface area contributed by atoms with Gasteiger partial charge in [-0.1, -0.05) is 23.8 Å². The van der Waals surface area contributed by atoms with E-state index < -0.39 is 0 Å². The highest BCUT2D eigenvalue weighted by Gasteiger charge is 2.31. The number of nitrogens with zero attached hydrogens (tertiary/aromatic N) is 2. The van der Waals surface area contributed by atoms with E-state index in [4.69, 9.17) is 0 Å². The molecule has 3 rings (SSSR count). The summed E-state index contributed by atoms with van der Waals surface area (Å²) >= 11 is 0. The highest BCUT2D eigenvalue weighted by Crippen LogP contribution is 2.32. The van der Waals surface area contributed by atoms with Gasteiger partial charge in [0.15, 0.2) is 0 Å². The predicted molar refractivity (Wildman–Crippen MR) is 95.9 cm³/mol. The summed E-state index contributed by atoms with van der Waals surface area (Å²) in [5.74, 6) is -0.0235. The number of carbonyl (C=O) groups is 2. The van der Waals surface area contributed by atoms with Gasteiger partial charge in [-0.15, -0.1) is 0 Å². The van der Waals surface area contributed by atoms with Crippen LogP contribution in [0.5, 0.6) is 0 Å². The van der Waals surface area contributed by atoms with Gasteiger partial charge >= 0.3 is 0 Å². The number of likely N-dealkylation sites (tertiary alicyclic amines) is 1. The zero-order valence-corrected chi connectivity index (χ0v) is 14.7. The maximum atomic E-state index is 12.9. The number of benzene rings is 1. The van der Waals surface area contributed by atoms with Gasteiger partial charge in [-0.3, -0.25) is 14.6 Å². The second-order valence-corrected chi connectivity index (χ2v) is 6.49. The Balaban J connectivity index is 1.80. The van der Waals surface area contributed by atoms with Crippen LogP contribution in [0.3, 0.4) is 0 Å². The molecule has 0 bridgehead atoms. The summed E-state index contributed by atoms with van der Waals surface area (Å²) in [6.07, 6.45) is 1.88. The molecule has 1 aliphatic rings. The number of pyridine rings is 1. The van der Waals surface area contributed by atoms with Crippen LogP contribution in [-0.4, -0.2) is 28.2 Å². The van der Waals surface area contributed by atoms with Crippen molar-refractivity contribution in [1.29, 1.82) is 0 Å². The summed E-state index contributed by atoms with van der Waals surface area (Å²) in [7, 11) is 0. The first-order chi connectivity index (χ1) is 12.0. The van der Waals surface area contributed by atoms with Crippen LogP contribution >= 0.6 is 0 Å². The van der Waals surface area contributed by atoms with Crippen molar-refractivity contribution in [3.8, 4) is 0 Å². The molecule has 1 aromatic carbocycles. The molecule has 0 aliphatic carbocycles. The Morgan fingerprint density at radius 3 is 2.80 bits per heavy atom. The van der Waals surface area contributed by atoms with E-state index in [1.165, 1.54) is 6.92 Å². The monoisotopic (exact) mass is 337 g/mol. The molecule has 0 unspecified atom stereocenters. The summed E-state index contributed by atoms with van der Waals surface area (Å²) < 4.78 is 0. The highest BCUT2D eigenvalue weighted by atomic mass is 16.2. The van der Waals surface area contributed by atoms with Gasteiger partial charge < -0.3 is 10.2 Å². The van der Waals surface area contributed by atoms with Crippen LogP contribution in [0.1, 0.15) is 53.1 Å². The Morgan fingerprint density at radius 2 is 2.04 bits per heavy atom. The van der Waals surface area contributed by atoms with Crippen LogP contribution < -0.4 is 5.32 Å². The molecule has 2 heterocycles. The quantitative estimate of drug-likeness (QED) is 0.933. The van der Waals surface area contributed by atoms with Crippen molar-refractivity contribution in [2.75, 3.05) is 6.54 Å². The summed E-state index contributed by atoms with van der Waals surface area (Å²) in [4.78, 5) is 30.6. The molecular formula is C20H23N3O2. The first kappa shape index (κ1) is 17.1. The lowest BCUT2D eigenvalue weighted by molar-refractivity contribution is -0.119. The van der Waals surface area contributed by atoms with E-state index in [9.17, 15) is 9.59 Å². The molecule has 2 amide bonds. The zero-order chi connectivity index (χ0) is 17.8. The van der Waals surface area contributed by atoms with Crippen molar-refractivity contribution >= 4 is 11.8 Å². The maximum absolute atomic E-state index is 12.9. The summed E-state index contributed by atoms with van der Waals surface area (Å²) in [6.45, 7) is 4.63. The van der Waals surface area contributed by atoms with Gasteiger partial charge in [0.1, 0.15) is 0 Å². The third-order valence-electron chi connectivity index (χ3n) is 4.47. The number of hydrogen-bond donors (Lipinski definition) is 1. The first-order valence-electron chi connectivity index (χ1n) is 8.62. The van der Waals surface area contributed by atoms with E-state index in [0.717, 1.165) is 41.9 Å². The smallest absolute Gasteiger partial charge is 0.254 e. The van der Waals surface area contributed by atoms with E-state index in [-0.39, 0.29) is 17.9 Å². The van der Waals surface area contributed by atoms with Crippen LogP contribution in [0.4, 0.5) is 0 Å². The molecular weight excluding hydrogens is 314 g/mol. The minimum absolute atomic E-state index is 0.00899. The van der Waals surface area contributed by atoms with Gasteiger partial charge in [0, 0.05) is 19.0 Å². The van der Waals surface area contributed by atoms with Crippen molar-refractivity contribution in [3.63, 3.8) is 0 Å². The van der Waals surface area contributed by atoms with E-state index >= 15 is 0 Å². The number of hydrogen-bond acceptors (Lipinski definition) is 3. The van der Waals surface area contributed by atoms with Gasteiger partial charge in [-0.2, -0.15) is 0 Å². The molecule has 25 heavy (non-hydrogen) atoms. The van der Waals surface area contributed by atoms with Crippen molar-refractivity contribution in [2.24, 2.45) is 0 Å². The second kappa shape index (κ2) is 7.47. The Labute approximate surface area is 148 Å².